The molecule has 1 aromatic carbocycles. The normalized spacial score (nSPS) is 18.9. The molecule has 2 aromatic heterocycles. The summed E-state index contributed by atoms with van der Waals surface area (Å²) in [4.78, 5) is 19.7. The Kier molecular flexibility index (Phi) is 5.79. The molecule has 33 heavy (non-hydrogen) atoms. The van der Waals surface area contributed by atoms with Crippen LogP contribution >= 0.6 is 11.3 Å². The molecule has 1 amide bonds. The molecule has 5 N–H and O–H groups in total. The molecule has 0 unspecified atom stereocenters. The van der Waals surface area contributed by atoms with Crippen LogP contribution in [0.15, 0.2) is 24.4 Å². The number of thiazole rings is 1. The highest BCUT2D eigenvalue weighted by molar-refractivity contribution is 7.19. The van der Waals surface area contributed by atoms with Crippen LogP contribution in [0.1, 0.15) is 54.1 Å². The van der Waals surface area contributed by atoms with Crippen LogP contribution in [-0.4, -0.2) is 39.8 Å². The number of amides is 1. The van der Waals surface area contributed by atoms with Gasteiger partial charge in [0.1, 0.15) is 21.5 Å². The Morgan fingerprint density at radius 3 is 2.85 bits per heavy atom. The third kappa shape index (κ3) is 4.32. The van der Waals surface area contributed by atoms with Gasteiger partial charge in [0.05, 0.1) is 6.20 Å². The second-order valence-corrected chi connectivity index (χ2v) is 9.88. The van der Waals surface area contributed by atoms with Gasteiger partial charge in [-0.25, -0.2) is 9.37 Å². The Hall–Kier alpha value is -2.98. The first kappa shape index (κ1) is 21.8. The van der Waals surface area contributed by atoms with Crippen molar-refractivity contribution in [2.45, 2.75) is 44.1 Å². The molecule has 3 aromatic rings. The third-order valence-electron chi connectivity index (χ3n) is 6.37. The molecule has 10 heteroatoms. The van der Waals surface area contributed by atoms with Crippen LogP contribution < -0.4 is 21.7 Å². The third-order valence-corrected chi connectivity index (χ3v) is 7.29. The number of aryl methyl sites for hydroxylation is 1. The van der Waals surface area contributed by atoms with E-state index in [2.05, 4.69) is 20.3 Å². The standard InChI is InChI=1S/C23H28FN7OS/c1-30-23(31-10-3-4-14(25)9-11-31)17(12-27-30)28-21(32)19-20(26)33-22(29-19)16-6-2-5-15(18(16)24)13-7-8-13/h2,5-6,12-14H,3-4,7-11,25-26H2,1H3,(H,28,32)/t14-/m1/s1. The molecule has 1 saturated carbocycles. The first-order chi connectivity index (χ1) is 15.9. The van der Waals surface area contributed by atoms with Gasteiger partial charge < -0.3 is 21.7 Å². The molecule has 0 bridgehead atoms. The van der Waals surface area contributed by atoms with E-state index in [9.17, 15) is 4.79 Å². The number of hydrogen-bond acceptors (Lipinski definition) is 7. The summed E-state index contributed by atoms with van der Waals surface area (Å²) in [6.45, 7) is 1.64. The molecule has 2 aliphatic rings. The minimum Gasteiger partial charge on any atom is -0.389 e. The maximum absolute atomic E-state index is 15.1. The SMILES string of the molecule is Cn1ncc(NC(=O)c2nc(-c3cccc(C4CC4)c3F)sc2N)c1N1CCC[C@@H](N)CC1. The van der Waals surface area contributed by atoms with E-state index in [0.717, 1.165) is 62.3 Å². The maximum Gasteiger partial charge on any atom is 0.277 e. The Balaban J connectivity index is 1.39. The first-order valence-corrected chi connectivity index (χ1v) is 12.1. The van der Waals surface area contributed by atoms with Crippen molar-refractivity contribution in [1.29, 1.82) is 0 Å². The summed E-state index contributed by atoms with van der Waals surface area (Å²) in [7, 11) is 1.85. The highest BCUT2D eigenvalue weighted by atomic mass is 32.1. The van der Waals surface area contributed by atoms with Crippen molar-refractivity contribution in [2.75, 3.05) is 29.0 Å². The fourth-order valence-electron chi connectivity index (χ4n) is 4.44. The van der Waals surface area contributed by atoms with Crippen molar-refractivity contribution in [3.05, 3.63) is 41.5 Å². The average molecular weight is 470 g/mol. The van der Waals surface area contributed by atoms with Crippen molar-refractivity contribution in [2.24, 2.45) is 12.8 Å². The van der Waals surface area contributed by atoms with Crippen LogP contribution in [0.25, 0.3) is 10.6 Å². The van der Waals surface area contributed by atoms with Gasteiger partial charge in [0, 0.05) is 31.7 Å². The summed E-state index contributed by atoms with van der Waals surface area (Å²) in [5.74, 6) is 0.404. The molecule has 8 nitrogen and oxygen atoms in total. The number of nitrogen functional groups attached to an aromatic ring is 1. The topological polar surface area (TPSA) is 115 Å². The minimum atomic E-state index is -0.436. The Morgan fingerprint density at radius 1 is 1.24 bits per heavy atom. The van der Waals surface area contributed by atoms with Crippen molar-refractivity contribution in [3.63, 3.8) is 0 Å². The van der Waals surface area contributed by atoms with Gasteiger partial charge in [-0.2, -0.15) is 5.10 Å². The van der Waals surface area contributed by atoms with E-state index < -0.39 is 5.91 Å². The zero-order chi connectivity index (χ0) is 23.1. The molecule has 5 rings (SSSR count). The van der Waals surface area contributed by atoms with E-state index in [4.69, 9.17) is 11.5 Å². The van der Waals surface area contributed by atoms with E-state index in [1.807, 2.05) is 19.2 Å². The molecule has 1 saturated heterocycles. The van der Waals surface area contributed by atoms with Crippen molar-refractivity contribution < 1.29 is 9.18 Å². The van der Waals surface area contributed by atoms with E-state index in [-0.39, 0.29) is 28.5 Å². The van der Waals surface area contributed by atoms with Crippen molar-refractivity contribution in [3.8, 4) is 10.6 Å². The Bertz CT molecular complexity index is 1190. The lowest BCUT2D eigenvalue weighted by atomic mass is 10.1. The summed E-state index contributed by atoms with van der Waals surface area (Å²) >= 11 is 1.12. The molecule has 1 atom stereocenters. The van der Waals surface area contributed by atoms with Crippen LogP contribution in [0.5, 0.6) is 0 Å². The van der Waals surface area contributed by atoms with E-state index in [1.165, 1.54) is 0 Å². The number of carbonyl (C=O) groups is 1. The van der Waals surface area contributed by atoms with Crippen LogP contribution in [0.2, 0.25) is 0 Å². The zero-order valence-electron chi connectivity index (χ0n) is 18.6. The van der Waals surface area contributed by atoms with Gasteiger partial charge >= 0.3 is 0 Å². The number of benzene rings is 1. The second kappa shape index (κ2) is 8.75. The lowest BCUT2D eigenvalue weighted by Crippen LogP contribution is -2.29. The van der Waals surface area contributed by atoms with Crippen molar-refractivity contribution >= 4 is 33.8 Å². The summed E-state index contributed by atoms with van der Waals surface area (Å²) in [5, 5.41) is 7.91. The molecular weight excluding hydrogens is 441 g/mol. The van der Waals surface area contributed by atoms with Gasteiger partial charge in [0.25, 0.3) is 5.91 Å². The van der Waals surface area contributed by atoms with Gasteiger partial charge in [-0.1, -0.05) is 23.5 Å². The van der Waals surface area contributed by atoms with Gasteiger partial charge in [0.2, 0.25) is 0 Å². The summed E-state index contributed by atoms with van der Waals surface area (Å²) in [5.41, 5.74) is 14.1. The smallest absolute Gasteiger partial charge is 0.277 e. The van der Waals surface area contributed by atoms with Gasteiger partial charge in [-0.3, -0.25) is 9.48 Å². The Labute approximate surface area is 195 Å². The molecule has 0 spiro atoms. The number of carbonyl (C=O) groups excluding carboxylic acids is 1. The first-order valence-electron chi connectivity index (χ1n) is 11.3. The fourth-order valence-corrected chi connectivity index (χ4v) is 5.29. The maximum atomic E-state index is 15.1. The molecule has 1 aliphatic heterocycles. The molecular formula is C23H28FN7OS. The largest absolute Gasteiger partial charge is 0.389 e. The second-order valence-electron chi connectivity index (χ2n) is 8.85. The number of hydrogen-bond donors (Lipinski definition) is 3. The molecule has 2 fully saturated rings. The predicted octanol–water partition coefficient (Wildman–Crippen LogP) is 3.71. The number of nitrogens with zero attached hydrogens (tertiary/aromatic N) is 4. The zero-order valence-corrected chi connectivity index (χ0v) is 19.4. The fraction of sp³-hybridized carbons (Fsp3) is 0.435. The summed E-state index contributed by atoms with van der Waals surface area (Å²) in [6.07, 6.45) is 6.47. The average Bonchev–Trinajstić information content (AvgIpc) is 3.51. The van der Waals surface area contributed by atoms with E-state index in [1.54, 1.807) is 16.9 Å². The monoisotopic (exact) mass is 469 g/mol. The van der Waals surface area contributed by atoms with Gasteiger partial charge in [-0.05, 0) is 49.7 Å². The summed E-state index contributed by atoms with van der Waals surface area (Å²) < 4.78 is 16.8. The minimum absolute atomic E-state index is 0.0962. The Morgan fingerprint density at radius 2 is 2.06 bits per heavy atom. The van der Waals surface area contributed by atoms with E-state index in [0.29, 0.717) is 21.8 Å². The number of anilines is 3. The van der Waals surface area contributed by atoms with Crippen LogP contribution in [0, 0.1) is 5.82 Å². The predicted molar refractivity (Wildman–Crippen MR) is 129 cm³/mol. The molecule has 0 radical (unpaired) electrons. The van der Waals surface area contributed by atoms with Crippen LogP contribution in [0.4, 0.5) is 20.9 Å². The molecule has 1 aliphatic carbocycles. The summed E-state index contributed by atoms with van der Waals surface area (Å²) in [6, 6.07) is 5.53. The quantitative estimate of drug-likeness (QED) is 0.525. The highest BCUT2D eigenvalue weighted by Gasteiger charge is 2.29. The number of nitrogens with two attached hydrogens (primary N) is 2. The lowest BCUT2D eigenvalue weighted by molar-refractivity contribution is 0.102. The lowest BCUT2D eigenvalue weighted by Gasteiger charge is -2.24. The number of aromatic nitrogens is 3. The number of rotatable bonds is 5. The van der Waals surface area contributed by atoms with Crippen LogP contribution in [0.3, 0.4) is 0 Å². The number of halogens is 1. The van der Waals surface area contributed by atoms with E-state index >= 15 is 4.39 Å². The molecule has 3 heterocycles. The molecule has 174 valence electrons. The van der Waals surface area contributed by atoms with Gasteiger partial charge in [0.15, 0.2) is 11.5 Å². The van der Waals surface area contributed by atoms with Gasteiger partial charge in [-0.15, -0.1) is 0 Å². The number of nitrogens with one attached hydrogen (secondary N) is 1. The van der Waals surface area contributed by atoms with Crippen LogP contribution in [-0.2, 0) is 7.05 Å². The van der Waals surface area contributed by atoms with Crippen molar-refractivity contribution in [1.82, 2.24) is 14.8 Å². The highest BCUT2D eigenvalue weighted by Crippen LogP contribution is 2.43.